The van der Waals surface area contributed by atoms with Gasteiger partial charge in [0.25, 0.3) is 5.91 Å². The average molecular weight is 823 g/mol. The lowest BCUT2D eigenvalue weighted by molar-refractivity contribution is -0.146. The number of aliphatic hydroxyl groups excluding tert-OH is 1. The molecule has 3 heterocycles. The summed E-state index contributed by atoms with van der Waals surface area (Å²) in [6.45, 7) is 7.92. The van der Waals surface area contributed by atoms with E-state index in [4.69, 9.17) is 14.2 Å². The number of aryl methyl sites for hydroxylation is 1. The van der Waals surface area contributed by atoms with Gasteiger partial charge in [0.15, 0.2) is 5.60 Å². The number of halogens is 1. The summed E-state index contributed by atoms with van der Waals surface area (Å²) in [5, 5.41) is 20.4. The predicted molar refractivity (Wildman–Crippen MR) is 207 cm³/mol. The largest absolute Gasteiger partial charge is 0.497 e. The molecule has 12 heteroatoms. The maximum Gasteiger partial charge on any atom is 0.305 e. The van der Waals surface area contributed by atoms with Crippen molar-refractivity contribution in [3.05, 3.63) is 99.4 Å². The number of aromatic nitrogens is 3. The highest BCUT2D eigenvalue weighted by Crippen LogP contribution is 2.60. The lowest BCUT2D eigenvalue weighted by Gasteiger charge is -2.37. The van der Waals surface area contributed by atoms with Gasteiger partial charge in [-0.2, -0.15) is 0 Å². The van der Waals surface area contributed by atoms with Crippen molar-refractivity contribution in [1.29, 1.82) is 0 Å². The van der Waals surface area contributed by atoms with Crippen LogP contribution in [-0.4, -0.2) is 73.5 Å². The third-order valence-electron chi connectivity index (χ3n) is 11.0. The molecule has 4 aromatic rings. The minimum absolute atomic E-state index is 0.0335. The Balaban J connectivity index is 1.33. The van der Waals surface area contributed by atoms with Gasteiger partial charge >= 0.3 is 5.97 Å². The van der Waals surface area contributed by atoms with E-state index in [0.717, 1.165) is 26.1 Å². The number of aliphatic hydroxyl groups is 1. The molecule has 1 fully saturated rings. The molecule has 1 spiro atoms. The van der Waals surface area contributed by atoms with Gasteiger partial charge in [-0.3, -0.25) is 14.3 Å². The zero-order valence-electron chi connectivity index (χ0n) is 29.9. The van der Waals surface area contributed by atoms with Gasteiger partial charge in [0, 0.05) is 40.8 Å². The number of fused-ring (bicyclic) bond motifs is 2. The van der Waals surface area contributed by atoms with Gasteiger partial charge < -0.3 is 24.2 Å². The van der Waals surface area contributed by atoms with Crippen LogP contribution in [-0.2, 0) is 31.2 Å². The average Bonchev–Trinajstić information content (AvgIpc) is 3.79. The second-order valence-electron chi connectivity index (χ2n) is 14.1. The maximum atomic E-state index is 14.9. The van der Waals surface area contributed by atoms with Crippen molar-refractivity contribution in [2.75, 3.05) is 32.3 Å². The van der Waals surface area contributed by atoms with E-state index in [0.29, 0.717) is 44.5 Å². The summed E-state index contributed by atoms with van der Waals surface area (Å²) in [4.78, 5) is 28.6. The third kappa shape index (κ3) is 7.12. The van der Waals surface area contributed by atoms with Crippen LogP contribution < -0.4 is 14.8 Å². The SMILES string of the molecule is COC(=O)CCCCN1C(=O)[C@]2(O[C@H](CCn3cc(C(CO)c4ccccc4)nn3)[C@@H]([Si](C)(C)c3ccc(OC)cc3)[C@@H]2C)c2cc(I)ccc21. The van der Waals surface area contributed by atoms with Gasteiger partial charge in [0.1, 0.15) is 5.75 Å². The number of unbranched alkanes of at least 4 members (excludes halogenated alkanes) is 1. The van der Waals surface area contributed by atoms with E-state index < -0.39 is 13.7 Å². The van der Waals surface area contributed by atoms with Crippen LogP contribution in [0, 0.1) is 9.49 Å². The normalized spacial score (nSPS) is 22.0. The van der Waals surface area contributed by atoms with Gasteiger partial charge in [0.05, 0.1) is 52.3 Å². The molecule has 0 bridgehead atoms. The number of methoxy groups -OCH3 is 2. The Labute approximate surface area is 314 Å². The molecule has 51 heavy (non-hydrogen) atoms. The number of anilines is 1. The van der Waals surface area contributed by atoms with Crippen LogP contribution in [0.4, 0.5) is 5.69 Å². The topological polar surface area (TPSA) is 116 Å². The molecule has 6 rings (SSSR count). The summed E-state index contributed by atoms with van der Waals surface area (Å²) >= 11 is 2.32. The molecule has 0 saturated carbocycles. The first kappa shape index (κ1) is 37.2. The predicted octanol–water partition coefficient (Wildman–Crippen LogP) is 6.01. The Hall–Kier alpha value is -3.59. The first-order valence-corrected chi connectivity index (χ1v) is 21.8. The van der Waals surface area contributed by atoms with Crippen molar-refractivity contribution in [3.8, 4) is 5.75 Å². The van der Waals surface area contributed by atoms with E-state index >= 15 is 0 Å². The molecule has 5 atom stereocenters. The molecule has 1 unspecified atom stereocenters. The van der Waals surface area contributed by atoms with Crippen molar-refractivity contribution >= 4 is 53.4 Å². The fourth-order valence-electron chi connectivity index (χ4n) is 8.32. The monoisotopic (exact) mass is 822 g/mol. The van der Waals surface area contributed by atoms with E-state index in [-0.39, 0.29) is 42.0 Å². The first-order valence-electron chi connectivity index (χ1n) is 17.6. The molecule has 1 N–H and O–H groups in total. The van der Waals surface area contributed by atoms with Crippen LogP contribution in [0.5, 0.6) is 5.75 Å². The number of benzene rings is 3. The molecule has 1 aromatic heterocycles. The van der Waals surface area contributed by atoms with E-state index in [2.05, 4.69) is 71.1 Å². The van der Waals surface area contributed by atoms with Crippen LogP contribution in [0.15, 0.2) is 79.0 Å². The van der Waals surface area contributed by atoms with Gasteiger partial charge in [-0.15, -0.1) is 5.10 Å². The van der Waals surface area contributed by atoms with E-state index in [9.17, 15) is 14.7 Å². The van der Waals surface area contributed by atoms with Gasteiger partial charge in [-0.25, -0.2) is 0 Å². The number of hydrogen-bond donors (Lipinski definition) is 1. The molecule has 1 saturated heterocycles. The second-order valence-corrected chi connectivity index (χ2v) is 20.1. The Morgan fingerprint density at radius 2 is 1.80 bits per heavy atom. The lowest BCUT2D eigenvalue weighted by Crippen LogP contribution is -2.52. The molecule has 10 nitrogen and oxygen atoms in total. The summed E-state index contributed by atoms with van der Waals surface area (Å²) in [7, 11) is 0.752. The van der Waals surface area contributed by atoms with Crippen molar-refractivity contribution in [2.45, 2.75) is 75.4 Å². The molecule has 2 aliphatic heterocycles. The third-order valence-corrected chi connectivity index (χ3v) is 16.0. The van der Waals surface area contributed by atoms with E-state index in [1.165, 1.54) is 12.3 Å². The zero-order valence-corrected chi connectivity index (χ0v) is 33.1. The molecular weight excluding hydrogens is 775 g/mol. The zero-order chi connectivity index (χ0) is 36.3. The van der Waals surface area contributed by atoms with Crippen molar-refractivity contribution in [1.82, 2.24) is 15.0 Å². The number of ether oxygens (including phenoxy) is 3. The number of carbonyl (C=O) groups excluding carboxylic acids is 2. The Morgan fingerprint density at radius 3 is 2.49 bits per heavy atom. The molecule has 270 valence electrons. The number of rotatable bonds is 14. The number of hydrogen-bond acceptors (Lipinski definition) is 8. The summed E-state index contributed by atoms with van der Waals surface area (Å²) < 4.78 is 20.5. The number of carbonyl (C=O) groups is 2. The van der Waals surface area contributed by atoms with Crippen LogP contribution in [0.2, 0.25) is 18.6 Å². The van der Waals surface area contributed by atoms with Crippen LogP contribution in [0.3, 0.4) is 0 Å². The summed E-state index contributed by atoms with van der Waals surface area (Å²) in [5.41, 5.74) is 2.43. The Kier molecular flexibility index (Phi) is 11.3. The van der Waals surface area contributed by atoms with Crippen molar-refractivity contribution in [3.63, 3.8) is 0 Å². The smallest absolute Gasteiger partial charge is 0.305 e. The molecule has 3 aromatic carbocycles. The second kappa shape index (κ2) is 15.6. The maximum absolute atomic E-state index is 14.9. The molecular formula is C39H47IN4O6Si. The fourth-order valence-corrected chi connectivity index (χ4v) is 12.9. The van der Waals surface area contributed by atoms with E-state index in [1.807, 2.05) is 70.4 Å². The Morgan fingerprint density at radius 1 is 1.06 bits per heavy atom. The Bertz CT molecular complexity index is 1840. The van der Waals surface area contributed by atoms with Crippen LogP contribution in [0.1, 0.15) is 55.3 Å². The molecule has 0 aliphatic carbocycles. The van der Waals surface area contributed by atoms with Gasteiger partial charge in [-0.05, 0) is 83.3 Å². The van der Waals surface area contributed by atoms with Crippen LogP contribution in [0.25, 0.3) is 0 Å². The minimum Gasteiger partial charge on any atom is -0.497 e. The fraction of sp³-hybridized carbons (Fsp3) is 0.436. The highest BCUT2D eigenvalue weighted by molar-refractivity contribution is 14.1. The molecule has 0 radical (unpaired) electrons. The standard InChI is InChI=1S/C39H47IN4O6Si/c1-26-37(51(4,5)30-17-15-29(48-2)16-18-30)35(20-22-43-24-33(41-42-43)31(25-45)27-11-7-6-8-12-27)50-39(26)32-23-28(40)14-19-34(32)44(38(39)47)21-10-9-13-36(46)49-3/h6-8,11-12,14-19,23-24,26,31,35,37,45H,9-10,13,20-22,25H2,1-5H3/t26-,31?,35+,37-,39+/m0/s1. The quantitative estimate of drug-likeness (QED) is 0.0712. The van der Waals surface area contributed by atoms with Crippen molar-refractivity contribution < 1.29 is 28.9 Å². The lowest BCUT2D eigenvalue weighted by atomic mass is 9.82. The summed E-state index contributed by atoms with van der Waals surface area (Å²) in [6.07, 6.45) is 3.92. The molecule has 1 amide bonds. The van der Waals surface area contributed by atoms with Gasteiger partial charge in [-0.1, -0.05) is 72.9 Å². The number of nitrogens with zero attached hydrogens (tertiary/aromatic N) is 4. The van der Waals surface area contributed by atoms with Gasteiger partial charge in [0.2, 0.25) is 0 Å². The summed E-state index contributed by atoms with van der Waals surface area (Å²) in [6, 6.07) is 24.4. The van der Waals surface area contributed by atoms with E-state index in [1.54, 1.807) is 7.11 Å². The van der Waals surface area contributed by atoms with Crippen molar-refractivity contribution in [2.24, 2.45) is 5.92 Å². The minimum atomic E-state index is -2.32. The first-order chi connectivity index (χ1) is 24.5. The van der Waals surface area contributed by atoms with Crippen LogP contribution >= 0.6 is 22.6 Å². The number of amides is 1. The number of esters is 1. The highest BCUT2D eigenvalue weighted by atomic mass is 127. The molecule has 2 aliphatic rings. The highest BCUT2D eigenvalue weighted by Gasteiger charge is 2.66. The summed E-state index contributed by atoms with van der Waals surface area (Å²) in [5.74, 6) is 0.134.